The molecule has 2 aliphatic rings. The van der Waals surface area contributed by atoms with Gasteiger partial charge in [0.1, 0.15) is 0 Å². The highest BCUT2D eigenvalue weighted by Crippen LogP contribution is 2.28. The fraction of sp³-hybridized carbons (Fsp3) is 0.611. The average Bonchev–Trinajstić information content (AvgIpc) is 3.21. The van der Waals surface area contributed by atoms with Crippen LogP contribution in [0.2, 0.25) is 0 Å². The van der Waals surface area contributed by atoms with Crippen molar-refractivity contribution in [3.05, 3.63) is 28.7 Å². The van der Waals surface area contributed by atoms with Gasteiger partial charge in [-0.1, -0.05) is 18.6 Å². The zero-order valence-corrected chi connectivity index (χ0v) is 18.5. The summed E-state index contributed by atoms with van der Waals surface area (Å²) in [5, 5.41) is 16.8. The molecule has 0 amide bonds. The second-order valence-corrected chi connectivity index (χ2v) is 7.59. The van der Waals surface area contributed by atoms with Crippen molar-refractivity contribution >= 4 is 51.6 Å². The standard InChI is InChI=1S/C18H27BrN4O.HI/c1-20-18(21-11-13-5-4-8-17(13)24)22-14-9-10-23(12-14)16-7-3-2-6-15(16)19;/h2-3,6-7,13-14,17,24H,4-5,8-12H2,1H3,(H2,20,21,22);1H. The van der Waals surface area contributed by atoms with Gasteiger partial charge in [0, 0.05) is 43.1 Å². The normalized spacial score (nSPS) is 26.4. The lowest BCUT2D eigenvalue weighted by Gasteiger charge is -2.22. The quantitative estimate of drug-likeness (QED) is 0.323. The van der Waals surface area contributed by atoms with Gasteiger partial charge in [-0.3, -0.25) is 4.99 Å². The number of nitrogens with one attached hydrogen (secondary N) is 2. The number of halogens is 2. The molecule has 1 aromatic rings. The molecule has 140 valence electrons. The number of aliphatic hydroxyl groups excluding tert-OH is 1. The van der Waals surface area contributed by atoms with Crippen LogP contribution in [-0.4, -0.2) is 49.9 Å². The Labute approximate surface area is 175 Å². The maximum atomic E-state index is 9.93. The third kappa shape index (κ3) is 5.47. The van der Waals surface area contributed by atoms with Gasteiger partial charge < -0.3 is 20.6 Å². The molecular formula is C18H28BrIN4O. The zero-order valence-electron chi connectivity index (χ0n) is 14.6. The number of aliphatic hydroxyl groups is 1. The molecule has 1 heterocycles. The number of hydrogen-bond acceptors (Lipinski definition) is 3. The van der Waals surface area contributed by atoms with Crippen molar-refractivity contribution in [1.29, 1.82) is 0 Å². The molecule has 25 heavy (non-hydrogen) atoms. The van der Waals surface area contributed by atoms with Crippen LogP contribution < -0.4 is 15.5 Å². The summed E-state index contributed by atoms with van der Waals surface area (Å²) in [4.78, 5) is 6.74. The number of benzene rings is 1. The molecule has 1 aliphatic carbocycles. The Morgan fingerprint density at radius 3 is 2.80 bits per heavy atom. The van der Waals surface area contributed by atoms with E-state index in [-0.39, 0.29) is 30.1 Å². The summed E-state index contributed by atoms with van der Waals surface area (Å²) in [7, 11) is 1.81. The molecule has 7 heteroatoms. The Morgan fingerprint density at radius 1 is 1.32 bits per heavy atom. The summed E-state index contributed by atoms with van der Waals surface area (Å²) < 4.78 is 1.14. The van der Waals surface area contributed by atoms with E-state index in [4.69, 9.17) is 0 Å². The number of aliphatic imine (C=N–C) groups is 1. The van der Waals surface area contributed by atoms with Crippen LogP contribution in [0.4, 0.5) is 5.69 Å². The lowest BCUT2D eigenvalue weighted by molar-refractivity contribution is 0.134. The van der Waals surface area contributed by atoms with Crippen LogP contribution in [0.3, 0.4) is 0 Å². The van der Waals surface area contributed by atoms with Crippen LogP contribution in [0.1, 0.15) is 25.7 Å². The predicted molar refractivity (Wildman–Crippen MR) is 118 cm³/mol. The number of nitrogens with zero attached hydrogens (tertiary/aromatic N) is 2. The van der Waals surface area contributed by atoms with E-state index in [2.05, 4.69) is 54.7 Å². The zero-order chi connectivity index (χ0) is 16.9. The van der Waals surface area contributed by atoms with Crippen molar-refractivity contribution in [2.45, 2.75) is 37.8 Å². The van der Waals surface area contributed by atoms with Gasteiger partial charge >= 0.3 is 0 Å². The predicted octanol–water partition coefficient (Wildman–Crippen LogP) is 2.97. The van der Waals surface area contributed by atoms with Gasteiger partial charge in [0.15, 0.2) is 5.96 Å². The Kier molecular flexibility index (Phi) is 8.28. The smallest absolute Gasteiger partial charge is 0.191 e. The molecule has 0 aromatic heterocycles. The minimum Gasteiger partial charge on any atom is -0.393 e. The first kappa shape index (κ1) is 20.8. The lowest BCUT2D eigenvalue weighted by atomic mass is 10.1. The summed E-state index contributed by atoms with van der Waals surface area (Å²) in [5.74, 6) is 1.19. The van der Waals surface area contributed by atoms with Crippen LogP contribution in [0.15, 0.2) is 33.7 Å². The summed E-state index contributed by atoms with van der Waals surface area (Å²) in [5.41, 5.74) is 1.25. The van der Waals surface area contributed by atoms with Crippen molar-refractivity contribution in [2.24, 2.45) is 10.9 Å². The Morgan fingerprint density at radius 2 is 2.12 bits per heavy atom. The highest BCUT2D eigenvalue weighted by molar-refractivity contribution is 14.0. The second-order valence-electron chi connectivity index (χ2n) is 6.74. The average molecular weight is 523 g/mol. The minimum absolute atomic E-state index is 0. The van der Waals surface area contributed by atoms with E-state index in [0.29, 0.717) is 12.0 Å². The van der Waals surface area contributed by atoms with E-state index in [9.17, 15) is 5.11 Å². The van der Waals surface area contributed by atoms with E-state index in [1.54, 1.807) is 7.05 Å². The fourth-order valence-corrected chi connectivity index (χ4v) is 4.21. The molecule has 0 bridgehead atoms. The molecule has 1 aromatic carbocycles. The number of rotatable bonds is 4. The molecular weight excluding hydrogens is 495 g/mol. The Balaban J connectivity index is 0.00000225. The first-order valence-corrected chi connectivity index (χ1v) is 9.61. The number of guanidine groups is 1. The lowest BCUT2D eigenvalue weighted by Crippen LogP contribution is -2.46. The molecule has 3 N–H and O–H groups in total. The second kappa shape index (κ2) is 9.97. The van der Waals surface area contributed by atoms with Gasteiger partial charge in [-0.15, -0.1) is 24.0 Å². The SMILES string of the molecule is CN=C(NCC1CCCC1O)NC1CCN(c2ccccc2Br)C1.I. The van der Waals surface area contributed by atoms with Gasteiger partial charge in [-0.05, 0) is 47.3 Å². The van der Waals surface area contributed by atoms with Crippen molar-refractivity contribution in [1.82, 2.24) is 10.6 Å². The van der Waals surface area contributed by atoms with Gasteiger partial charge in [-0.25, -0.2) is 0 Å². The monoisotopic (exact) mass is 522 g/mol. The van der Waals surface area contributed by atoms with E-state index in [0.717, 1.165) is 55.7 Å². The Hall–Kier alpha value is -0.540. The number of hydrogen-bond donors (Lipinski definition) is 3. The van der Waals surface area contributed by atoms with Crippen LogP contribution >= 0.6 is 39.9 Å². The number of anilines is 1. The van der Waals surface area contributed by atoms with Gasteiger partial charge in [-0.2, -0.15) is 0 Å². The summed E-state index contributed by atoms with van der Waals surface area (Å²) in [6.07, 6.45) is 4.09. The largest absolute Gasteiger partial charge is 0.393 e. The maximum Gasteiger partial charge on any atom is 0.191 e. The fourth-order valence-electron chi connectivity index (χ4n) is 3.68. The molecule has 3 unspecified atom stereocenters. The molecule has 2 fully saturated rings. The topological polar surface area (TPSA) is 59.9 Å². The third-order valence-corrected chi connectivity index (χ3v) is 5.77. The molecule has 1 aliphatic heterocycles. The van der Waals surface area contributed by atoms with Crippen LogP contribution in [0, 0.1) is 5.92 Å². The van der Waals surface area contributed by atoms with Crippen molar-refractivity contribution in [3.8, 4) is 0 Å². The van der Waals surface area contributed by atoms with Gasteiger partial charge in [0.05, 0.1) is 11.8 Å². The molecule has 1 saturated heterocycles. The summed E-state index contributed by atoms with van der Waals surface area (Å²) in [6.45, 7) is 2.80. The molecule has 1 saturated carbocycles. The first-order chi connectivity index (χ1) is 11.7. The number of para-hydroxylation sites is 1. The van der Waals surface area contributed by atoms with Gasteiger partial charge in [0.2, 0.25) is 0 Å². The van der Waals surface area contributed by atoms with Crippen molar-refractivity contribution in [2.75, 3.05) is 31.6 Å². The molecule has 3 atom stereocenters. The molecule has 5 nitrogen and oxygen atoms in total. The highest BCUT2D eigenvalue weighted by Gasteiger charge is 2.27. The van der Waals surface area contributed by atoms with Crippen molar-refractivity contribution in [3.63, 3.8) is 0 Å². The van der Waals surface area contributed by atoms with Crippen LogP contribution in [0.5, 0.6) is 0 Å². The molecule has 0 spiro atoms. The third-order valence-electron chi connectivity index (χ3n) is 5.10. The van der Waals surface area contributed by atoms with Crippen LogP contribution in [0.25, 0.3) is 0 Å². The van der Waals surface area contributed by atoms with Crippen LogP contribution in [-0.2, 0) is 0 Å². The Bertz CT molecular complexity index is 586. The van der Waals surface area contributed by atoms with E-state index < -0.39 is 0 Å². The minimum atomic E-state index is -0.159. The van der Waals surface area contributed by atoms with E-state index in [1.807, 2.05) is 6.07 Å². The summed E-state index contributed by atoms with van der Waals surface area (Å²) >= 11 is 3.64. The highest BCUT2D eigenvalue weighted by atomic mass is 127. The maximum absolute atomic E-state index is 9.93. The van der Waals surface area contributed by atoms with Gasteiger partial charge in [0.25, 0.3) is 0 Å². The summed E-state index contributed by atoms with van der Waals surface area (Å²) in [6, 6.07) is 8.75. The van der Waals surface area contributed by atoms with Crippen molar-refractivity contribution < 1.29 is 5.11 Å². The first-order valence-electron chi connectivity index (χ1n) is 8.82. The molecule has 3 rings (SSSR count). The van der Waals surface area contributed by atoms with E-state index in [1.165, 1.54) is 5.69 Å². The van der Waals surface area contributed by atoms with E-state index >= 15 is 0 Å². The molecule has 0 radical (unpaired) electrons.